The molecule has 1 aromatic heterocycles. The van der Waals surface area contributed by atoms with Crippen molar-refractivity contribution in [2.45, 2.75) is 39.3 Å². The first kappa shape index (κ1) is 19.8. The van der Waals surface area contributed by atoms with E-state index < -0.39 is 16.7 Å². The van der Waals surface area contributed by atoms with Crippen molar-refractivity contribution in [3.63, 3.8) is 0 Å². The Morgan fingerprint density at radius 3 is 2.46 bits per heavy atom. The van der Waals surface area contributed by atoms with Crippen molar-refractivity contribution in [1.29, 1.82) is 0 Å². The van der Waals surface area contributed by atoms with E-state index in [9.17, 15) is 9.59 Å². The molecule has 1 aromatic carbocycles. The van der Waals surface area contributed by atoms with Crippen LogP contribution in [0.2, 0.25) is 5.02 Å². The lowest BCUT2D eigenvalue weighted by Crippen LogP contribution is -2.40. The van der Waals surface area contributed by atoms with Crippen molar-refractivity contribution in [2.24, 2.45) is 0 Å². The predicted molar refractivity (Wildman–Crippen MR) is 101 cm³/mol. The third kappa shape index (κ3) is 4.78. The van der Waals surface area contributed by atoms with Gasteiger partial charge in [-0.15, -0.1) is 0 Å². The molecule has 26 heavy (non-hydrogen) atoms. The summed E-state index contributed by atoms with van der Waals surface area (Å²) in [5.41, 5.74) is -0.0657. The smallest absolute Gasteiger partial charge is 0.306 e. The predicted octanol–water partition coefficient (Wildman–Crippen LogP) is 2.26. The summed E-state index contributed by atoms with van der Waals surface area (Å²) < 4.78 is 6.67. The van der Waals surface area contributed by atoms with Crippen LogP contribution in [0, 0.1) is 11.8 Å². The highest BCUT2D eigenvalue weighted by Crippen LogP contribution is 2.18. The van der Waals surface area contributed by atoms with Crippen molar-refractivity contribution >= 4 is 11.6 Å². The fraction of sp³-hybridized carbons (Fsp3) is 0.368. The summed E-state index contributed by atoms with van der Waals surface area (Å²) >= 11 is 6.06. The third-order valence-corrected chi connectivity index (χ3v) is 3.82. The largest absolute Gasteiger partial charge is 0.482 e. The SMILES string of the molecule is CC(C)(C)n1[nH]c(=O)c(OCc2ccc(C#CCCO)cc2)c(Cl)c1=O. The molecule has 0 aliphatic carbocycles. The van der Waals surface area contributed by atoms with Crippen LogP contribution < -0.4 is 15.9 Å². The molecule has 0 saturated heterocycles. The van der Waals surface area contributed by atoms with Crippen LogP contribution >= 0.6 is 11.6 Å². The fourth-order valence-corrected chi connectivity index (χ4v) is 2.38. The van der Waals surface area contributed by atoms with Gasteiger partial charge in [-0.1, -0.05) is 35.6 Å². The molecular weight excluding hydrogens is 356 g/mol. The Kier molecular flexibility index (Phi) is 6.30. The Balaban J connectivity index is 2.18. The molecule has 0 fully saturated rings. The third-order valence-electron chi connectivity index (χ3n) is 3.49. The topological polar surface area (TPSA) is 84.3 Å². The van der Waals surface area contributed by atoms with E-state index >= 15 is 0 Å². The van der Waals surface area contributed by atoms with E-state index in [4.69, 9.17) is 21.4 Å². The zero-order chi connectivity index (χ0) is 19.3. The van der Waals surface area contributed by atoms with E-state index in [1.165, 1.54) is 4.68 Å². The molecule has 1 heterocycles. The summed E-state index contributed by atoms with van der Waals surface area (Å²) in [5.74, 6) is 5.57. The highest BCUT2D eigenvalue weighted by Gasteiger charge is 2.21. The maximum atomic E-state index is 12.3. The van der Waals surface area contributed by atoms with Crippen molar-refractivity contribution < 1.29 is 9.84 Å². The molecule has 0 saturated carbocycles. The molecule has 0 spiro atoms. The zero-order valence-electron chi connectivity index (χ0n) is 14.9. The van der Waals surface area contributed by atoms with Gasteiger partial charge in [0.05, 0.1) is 12.1 Å². The summed E-state index contributed by atoms with van der Waals surface area (Å²) in [4.78, 5) is 24.5. The summed E-state index contributed by atoms with van der Waals surface area (Å²) in [7, 11) is 0. The van der Waals surface area contributed by atoms with Gasteiger partial charge in [0, 0.05) is 12.0 Å². The van der Waals surface area contributed by atoms with Gasteiger partial charge in [0.25, 0.3) is 5.56 Å². The van der Waals surface area contributed by atoms with Crippen molar-refractivity contribution in [3.8, 4) is 17.6 Å². The van der Waals surface area contributed by atoms with E-state index in [1.54, 1.807) is 32.9 Å². The Morgan fingerprint density at radius 1 is 1.23 bits per heavy atom. The molecule has 2 rings (SSSR count). The maximum Gasteiger partial charge on any atom is 0.306 e. The lowest BCUT2D eigenvalue weighted by molar-refractivity contribution is 0.287. The van der Waals surface area contributed by atoms with Gasteiger partial charge in [0.2, 0.25) is 5.75 Å². The Bertz CT molecular complexity index is 941. The highest BCUT2D eigenvalue weighted by molar-refractivity contribution is 6.31. The van der Waals surface area contributed by atoms with Gasteiger partial charge < -0.3 is 9.84 Å². The first-order valence-electron chi connectivity index (χ1n) is 8.11. The Labute approximate surface area is 156 Å². The average Bonchev–Trinajstić information content (AvgIpc) is 2.58. The minimum atomic E-state index is -0.606. The number of nitrogens with one attached hydrogen (secondary N) is 1. The average molecular weight is 377 g/mol. The number of rotatable bonds is 4. The van der Waals surface area contributed by atoms with Gasteiger partial charge in [0.1, 0.15) is 6.61 Å². The minimum absolute atomic E-state index is 0.0300. The Morgan fingerprint density at radius 2 is 1.88 bits per heavy atom. The van der Waals surface area contributed by atoms with E-state index in [0.717, 1.165) is 11.1 Å². The molecule has 0 unspecified atom stereocenters. The van der Waals surface area contributed by atoms with Crippen LogP contribution in [0.1, 0.15) is 38.3 Å². The second kappa shape index (κ2) is 8.26. The molecule has 6 nitrogen and oxygen atoms in total. The molecule has 2 aromatic rings. The standard InChI is InChI=1S/C19H21ClN2O4/c1-19(2,3)22-18(25)15(20)16(17(24)21-22)26-12-14-9-7-13(8-10-14)6-4-5-11-23/h7-10,23H,5,11-12H2,1-3H3,(H,21,24). The number of hydrogen-bond donors (Lipinski definition) is 2. The minimum Gasteiger partial charge on any atom is -0.482 e. The number of aliphatic hydroxyl groups excluding tert-OH is 1. The van der Waals surface area contributed by atoms with Gasteiger partial charge in [0.15, 0.2) is 5.02 Å². The van der Waals surface area contributed by atoms with E-state index in [0.29, 0.717) is 6.42 Å². The van der Waals surface area contributed by atoms with E-state index in [2.05, 4.69) is 16.9 Å². The zero-order valence-corrected chi connectivity index (χ0v) is 15.7. The second-order valence-electron chi connectivity index (χ2n) is 6.66. The van der Waals surface area contributed by atoms with Crippen molar-refractivity contribution in [2.75, 3.05) is 6.61 Å². The van der Waals surface area contributed by atoms with Crippen LogP contribution in [0.3, 0.4) is 0 Å². The van der Waals surface area contributed by atoms with Gasteiger partial charge in [-0.05, 0) is 38.5 Å². The van der Waals surface area contributed by atoms with Gasteiger partial charge in [-0.3, -0.25) is 14.7 Å². The van der Waals surface area contributed by atoms with Gasteiger partial charge in [-0.25, -0.2) is 4.68 Å². The lowest BCUT2D eigenvalue weighted by atomic mass is 10.1. The van der Waals surface area contributed by atoms with E-state index in [-0.39, 0.29) is 24.0 Å². The number of aliphatic hydroxyl groups is 1. The quantitative estimate of drug-likeness (QED) is 0.801. The van der Waals surface area contributed by atoms with Crippen molar-refractivity contribution in [1.82, 2.24) is 9.78 Å². The molecule has 0 amide bonds. The summed E-state index contributed by atoms with van der Waals surface area (Å²) in [6.07, 6.45) is 0.423. The summed E-state index contributed by atoms with van der Waals surface area (Å²) in [5, 5.41) is 11.0. The molecule has 0 atom stereocenters. The molecule has 0 bridgehead atoms. The van der Waals surface area contributed by atoms with Gasteiger partial charge >= 0.3 is 5.56 Å². The highest BCUT2D eigenvalue weighted by atomic mass is 35.5. The summed E-state index contributed by atoms with van der Waals surface area (Å²) in [6, 6.07) is 7.24. The number of ether oxygens (including phenoxy) is 1. The van der Waals surface area contributed by atoms with Crippen LogP contribution in [0.4, 0.5) is 0 Å². The second-order valence-corrected chi connectivity index (χ2v) is 7.03. The van der Waals surface area contributed by atoms with Crippen LogP contribution in [0.25, 0.3) is 0 Å². The number of H-pyrrole nitrogens is 1. The number of hydrogen-bond acceptors (Lipinski definition) is 4. The number of nitrogens with zero attached hydrogens (tertiary/aromatic N) is 1. The Hall–Kier alpha value is -2.49. The number of halogens is 1. The van der Waals surface area contributed by atoms with Crippen molar-refractivity contribution in [3.05, 3.63) is 61.1 Å². The van der Waals surface area contributed by atoms with Crippen LogP contribution in [0.5, 0.6) is 5.75 Å². The molecule has 0 aliphatic heterocycles. The monoisotopic (exact) mass is 376 g/mol. The first-order valence-corrected chi connectivity index (χ1v) is 8.48. The molecule has 7 heteroatoms. The number of aromatic amines is 1. The lowest BCUT2D eigenvalue weighted by Gasteiger charge is -2.22. The molecular formula is C19H21ClN2O4. The molecule has 138 valence electrons. The van der Waals surface area contributed by atoms with Crippen LogP contribution in [0.15, 0.2) is 33.9 Å². The maximum absolute atomic E-state index is 12.3. The summed E-state index contributed by atoms with van der Waals surface area (Å²) in [6.45, 7) is 5.47. The van der Waals surface area contributed by atoms with Gasteiger partial charge in [-0.2, -0.15) is 0 Å². The first-order chi connectivity index (χ1) is 12.2. The number of aromatic nitrogens is 2. The van der Waals surface area contributed by atoms with E-state index in [1.807, 2.05) is 12.1 Å². The number of benzene rings is 1. The molecule has 0 aliphatic rings. The van der Waals surface area contributed by atoms with Crippen LogP contribution in [-0.2, 0) is 12.1 Å². The molecule has 0 radical (unpaired) electrons. The fourth-order valence-electron chi connectivity index (χ4n) is 2.16. The normalized spacial score (nSPS) is 11.0. The molecule has 2 N–H and O–H groups in total. The van der Waals surface area contributed by atoms with Crippen LogP contribution in [-0.4, -0.2) is 21.5 Å².